The monoisotopic (exact) mass is 286 g/mol. The van der Waals surface area contributed by atoms with E-state index in [-0.39, 0.29) is 5.91 Å². The van der Waals surface area contributed by atoms with Crippen LogP contribution in [0.3, 0.4) is 0 Å². The third-order valence-corrected chi connectivity index (χ3v) is 5.27. The zero-order valence-electron chi connectivity index (χ0n) is 13.1. The summed E-state index contributed by atoms with van der Waals surface area (Å²) in [4.78, 5) is 14.2. The molecule has 2 fully saturated rings. The molecule has 0 spiro atoms. The number of hydrogen-bond acceptors (Lipinski definition) is 2. The first kappa shape index (κ1) is 14.4. The third kappa shape index (κ3) is 3.39. The van der Waals surface area contributed by atoms with Crippen LogP contribution in [0.2, 0.25) is 0 Å². The van der Waals surface area contributed by atoms with Crippen molar-refractivity contribution in [2.45, 2.75) is 38.6 Å². The highest BCUT2D eigenvalue weighted by Crippen LogP contribution is 2.49. The van der Waals surface area contributed by atoms with Crippen molar-refractivity contribution in [1.29, 1.82) is 0 Å². The molecule has 2 aliphatic carbocycles. The van der Waals surface area contributed by atoms with E-state index in [4.69, 9.17) is 0 Å². The number of amides is 1. The number of benzene rings is 1. The fraction of sp³-hybridized carbons (Fsp3) is 0.611. The van der Waals surface area contributed by atoms with Gasteiger partial charge in [0.25, 0.3) is 0 Å². The van der Waals surface area contributed by atoms with Gasteiger partial charge in [0.1, 0.15) is 0 Å². The van der Waals surface area contributed by atoms with E-state index in [1.807, 2.05) is 14.1 Å². The van der Waals surface area contributed by atoms with Gasteiger partial charge in [0.15, 0.2) is 0 Å². The van der Waals surface area contributed by atoms with Crippen molar-refractivity contribution in [3.05, 3.63) is 29.8 Å². The molecule has 2 aliphatic rings. The maximum absolute atomic E-state index is 12.1. The number of rotatable bonds is 5. The summed E-state index contributed by atoms with van der Waals surface area (Å²) in [5.74, 6) is 2.63. The molecule has 0 heterocycles. The van der Waals surface area contributed by atoms with Crippen LogP contribution in [0, 0.1) is 17.8 Å². The Hall–Kier alpha value is -1.51. The van der Waals surface area contributed by atoms with E-state index in [1.54, 1.807) is 0 Å². The highest BCUT2D eigenvalue weighted by Gasteiger charge is 2.39. The standard InChI is InChI=1S/C18H26N2O/c1-20(2)17-7-4-13(5-8-17)12-19-18(21)11-16-10-14-3-6-15(16)9-14/h4-5,7-8,14-16H,3,6,9-12H2,1-2H3,(H,19,21)/t14-,15-,16+/m0/s1. The van der Waals surface area contributed by atoms with Crippen LogP contribution in [0.1, 0.15) is 37.7 Å². The number of carbonyl (C=O) groups is 1. The van der Waals surface area contributed by atoms with Gasteiger partial charge in [0.2, 0.25) is 5.91 Å². The molecule has 3 nitrogen and oxygen atoms in total. The summed E-state index contributed by atoms with van der Waals surface area (Å²) in [7, 11) is 4.07. The van der Waals surface area contributed by atoms with Gasteiger partial charge in [0.05, 0.1) is 0 Å². The Kier molecular flexibility index (Phi) is 4.18. The normalized spacial score (nSPS) is 26.9. The molecular formula is C18H26N2O. The van der Waals surface area contributed by atoms with Gasteiger partial charge in [-0.15, -0.1) is 0 Å². The molecule has 3 heteroatoms. The predicted octanol–water partition coefficient (Wildman–Crippen LogP) is 3.20. The van der Waals surface area contributed by atoms with E-state index in [0.29, 0.717) is 12.5 Å². The lowest BCUT2D eigenvalue weighted by Gasteiger charge is -2.21. The molecule has 21 heavy (non-hydrogen) atoms. The molecule has 0 radical (unpaired) electrons. The van der Waals surface area contributed by atoms with Crippen LogP contribution < -0.4 is 10.2 Å². The largest absolute Gasteiger partial charge is 0.378 e. The van der Waals surface area contributed by atoms with Gasteiger partial charge in [-0.3, -0.25) is 4.79 Å². The summed E-state index contributed by atoms with van der Waals surface area (Å²) in [6, 6.07) is 8.37. The van der Waals surface area contributed by atoms with Gasteiger partial charge in [-0.1, -0.05) is 18.6 Å². The van der Waals surface area contributed by atoms with Crippen molar-refractivity contribution in [2.75, 3.05) is 19.0 Å². The molecule has 0 aliphatic heterocycles. The summed E-state index contributed by atoms with van der Waals surface area (Å²) in [6.45, 7) is 0.646. The molecule has 1 N–H and O–H groups in total. The second-order valence-electron chi connectivity index (χ2n) is 6.98. The fourth-order valence-corrected chi connectivity index (χ4v) is 4.05. The molecule has 3 atom stereocenters. The van der Waals surface area contributed by atoms with Crippen LogP contribution in [0.5, 0.6) is 0 Å². The zero-order valence-corrected chi connectivity index (χ0v) is 13.1. The Bertz CT molecular complexity index is 494. The van der Waals surface area contributed by atoms with Gasteiger partial charge in [-0.05, 0) is 54.7 Å². The van der Waals surface area contributed by atoms with E-state index < -0.39 is 0 Å². The third-order valence-electron chi connectivity index (χ3n) is 5.27. The fourth-order valence-electron chi connectivity index (χ4n) is 4.05. The molecule has 1 aromatic rings. The average molecular weight is 286 g/mol. The zero-order chi connectivity index (χ0) is 14.8. The smallest absolute Gasteiger partial charge is 0.220 e. The van der Waals surface area contributed by atoms with Gasteiger partial charge >= 0.3 is 0 Å². The molecule has 0 unspecified atom stereocenters. The first-order valence-corrected chi connectivity index (χ1v) is 8.15. The van der Waals surface area contributed by atoms with Crippen molar-refractivity contribution in [2.24, 2.45) is 17.8 Å². The Morgan fingerprint density at radius 1 is 1.19 bits per heavy atom. The number of nitrogens with one attached hydrogen (secondary N) is 1. The number of hydrogen-bond donors (Lipinski definition) is 1. The highest BCUT2D eigenvalue weighted by molar-refractivity contribution is 5.76. The van der Waals surface area contributed by atoms with E-state index >= 15 is 0 Å². The van der Waals surface area contributed by atoms with Gasteiger partial charge in [-0.25, -0.2) is 0 Å². The van der Waals surface area contributed by atoms with E-state index in [9.17, 15) is 4.79 Å². The lowest BCUT2D eigenvalue weighted by atomic mass is 9.86. The lowest BCUT2D eigenvalue weighted by Crippen LogP contribution is -2.26. The Morgan fingerprint density at radius 3 is 2.52 bits per heavy atom. The maximum atomic E-state index is 12.1. The minimum atomic E-state index is 0.226. The van der Waals surface area contributed by atoms with Gasteiger partial charge < -0.3 is 10.2 Å². The molecule has 3 rings (SSSR count). The van der Waals surface area contributed by atoms with Crippen LogP contribution >= 0.6 is 0 Å². The van der Waals surface area contributed by atoms with E-state index in [2.05, 4.69) is 34.5 Å². The molecule has 2 bridgehead atoms. The van der Waals surface area contributed by atoms with E-state index in [0.717, 1.165) is 18.3 Å². The lowest BCUT2D eigenvalue weighted by molar-refractivity contribution is -0.122. The molecule has 2 saturated carbocycles. The number of anilines is 1. The SMILES string of the molecule is CN(C)c1ccc(CNC(=O)C[C@H]2C[C@H]3CC[C@H]2C3)cc1. The summed E-state index contributed by atoms with van der Waals surface area (Å²) in [6.07, 6.45) is 6.16. The maximum Gasteiger partial charge on any atom is 0.220 e. The minimum absolute atomic E-state index is 0.226. The van der Waals surface area contributed by atoms with Crippen LogP contribution in [-0.4, -0.2) is 20.0 Å². The molecule has 1 amide bonds. The second kappa shape index (κ2) is 6.08. The summed E-state index contributed by atoms with van der Waals surface area (Å²) >= 11 is 0. The molecule has 1 aromatic carbocycles. The Morgan fingerprint density at radius 2 is 1.95 bits per heavy atom. The Labute approximate surface area is 127 Å². The number of nitrogens with zero attached hydrogens (tertiary/aromatic N) is 1. The summed E-state index contributed by atoms with van der Waals surface area (Å²) in [5, 5.41) is 3.08. The molecule has 114 valence electrons. The van der Waals surface area contributed by atoms with Gasteiger partial charge in [-0.2, -0.15) is 0 Å². The van der Waals surface area contributed by atoms with Gasteiger partial charge in [0, 0.05) is 32.7 Å². The van der Waals surface area contributed by atoms with E-state index in [1.165, 1.54) is 36.9 Å². The van der Waals surface area contributed by atoms with Crippen LogP contribution in [0.15, 0.2) is 24.3 Å². The van der Waals surface area contributed by atoms with Crippen molar-refractivity contribution >= 4 is 11.6 Å². The van der Waals surface area contributed by atoms with Crippen molar-refractivity contribution in [3.63, 3.8) is 0 Å². The van der Waals surface area contributed by atoms with Crippen molar-refractivity contribution < 1.29 is 4.79 Å². The predicted molar refractivity (Wildman–Crippen MR) is 86.2 cm³/mol. The quantitative estimate of drug-likeness (QED) is 0.901. The first-order chi connectivity index (χ1) is 10.1. The first-order valence-electron chi connectivity index (χ1n) is 8.15. The molecule has 0 aromatic heterocycles. The average Bonchev–Trinajstić information content (AvgIpc) is 3.08. The van der Waals surface area contributed by atoms with Crippen LogP contribution in [0.4, 0.5) is 5.69 Å². The molecular weight excluding hydrogens is 260 g/mol. The summed E-state index contributed by atoms with van der Waals surface area (Å²) in [5.41, 5.74) is 2.36. The molecule has 0 saturated heterocycles. The number of carbonyl (C=O) groups excluding carboxylic acids is 1. The Balaban J connectivity index is 1.45. The highest BCUT2D eigenvalue weighted by atomic mass is 16.1. The summed E-state index contributed by atoms with van der Waals surface area (Å²) < 4.78 is 0. The second-order valence-corrected chi connectivity index (χ2v) is 6.98. The minimum Gasteiger partial charge on any atom is -0.378 e. The number of fused-ring (bicyclic) bond motifs is 2. The van der Waals surface area contributed by atoms with Crippen molar-refractivity contribution in [3.8, 4) is 0 Å². The van der Waals surface area contributed by atoms with Crippen LogP contribution in [-0.2, 0) is 11.3 Å². The van der Waals surface area contributed by atoms with Crippen molar-refractivity contribution in [1.82, 2.24) is 5.32 Å². The van der Waals surface area contributed by atoms with Crippen LogP contribution in [0.25, 0.3) is 0 Å². The topological polar surface area (TPSA) is 32.3 Å².